The number of alkyl halides is 6. The molecule has 0 radical (unpaired) electrons. The number of nitrogens with zero attached hydrogens (tertiary/aromatic N) is 2. The fraction of sp³-hybridized carbons (Fsp3) is 0.231. The Balaban J connectivity index is 2.42. The minimum atomic E-state index is -5.01. The van der Waals surface area contributed by atoms with Crippen LogP contribution in [-0.4, -0.2) is 15.7 Å². The van der Waals surface area contributed by atoms with Gasteiger partial charge in [-0.2, -0.15) is 31.4 Å². The molecule has 0 atom stereocenters. The number of hydrogen-bond acceptors (Lipinski definition) is 2. The van der Waals surface area contributed by atoms with Crippen LogP contribution in [0.15, 0.2) is 30.5 Å². The lowest BCUT2D eigenvalue weighted by atomic mass is 10.0. The molecule has 0 fully saturated rings. The monoisotopic (exact) mass is 337 g/mol. The molecule has 1 N–H and O–H groups in total. The Morgan fingerprint density at radius 3 is 1.96 bits per heavy atom. The van der Waals surface area contributed by atoms with Gasteiger partial charge in [0.15, 0.2) is 5.82 Å². The van der Waals surface area contributed by atoms with Gasteiger partial charge in [-0.05, 0) is 18.2 Å². The zero-order chi connectivity index (χ0) is 17.4. The van der Waals surface area contributed by atoms with Crippen molar-refractivity contribution in [1.29, 1.82) is 0 Å². The standard InChI is InChI=1S/C13H9F6N3O/c1-22-3-2-10(21-22)20-11(23)7-4-8(12(14,15)16)6-9(5-7)13(17,18)19/h2-6H,1H3,(H,20,21,23). The van der Waals surface area contributed by atoms with Crippen molar-refractivity contribution in [3.8, 4) is 0 Å². The Morgan fingerprint density at radius 1 is 1.04 bits per heavy atom. The number of anilines is 1. The van der Waals surface area contributed by atoms with Crippen molar-refractivity contribution in [3.63, 3.8) is 0 Å². The number of nitrogens with one attached hydrogen (secondary N) is 1. The van der Waals surface area contributed by atoms with Crippen LogP contribution in [0.5, 0.6) is 0 Å². The number of carbonyl (C=O) groups is 1. The first-order chi connectivity index (χ1) is 10.5. The molecular formula is C13H9F6N3O. The highest BCUT2D eigenvalue weighted by Crippen LogP contribution is 2.36. The quantitative estimate of drug-likeness (QED) is 0.849. The normalized spacial score (nSPS) is 12.3. The molecule has 1 heterocycles. The summed E-state index contributed by atoms with van der Waals surface area (Å²) in [4.78, 5) is 11.9. The summed E-state index contributed by atoms with van der Waals surface area (Å²) < 4.78 is 77.6. The summed E-state index contributed by atoms with van der Waals surface area (Å²) >= 11 is 0. The summed E-state index contributed by atoms with van der Waals surface area (Å²) in [6, 6.07) is 2.01. The van der Waals surface area contributed by atoms with Gasteiger partial charge in [-0.15, -0.1) is 0 Å². The highest BCUT2D eigenvalue weighted by Gasteiger charge is 2.37. The Morgan fingerprint density at radius 2 is 1.57 bits per heavy atom. The molecule has 0 aliphatic heterocycles. The van der Waals surface area contributed by atoms with Crippen molar-refractivity contribution in [3.05, 3.63) is 47.2 Å². The molecule has 10 heteroatoms. The van der Waals surface area contributed by atoms with Crippen LogP contribution in [-0.2, 0) is 19.4 Å². The molecule has 0 spiro atoms. The van der Waals surface area contributed by atoms with Crippen LogP contribution in [0.3, 0.4) is 0 Å². The smallest absolute Gasteiger partial charge is 0.305 e. The van der Waals surface area contributed by atoms with Crippen LogP contribution in [0, 0.1) is 0 Å². The van der Waals surface area contributed by atoms with Gasteiger partial charge in [-0.3, -0.25) is 9.48 Å². The number of rotatable bonds is 2. The number of aryl methyl sites for hydroxylation is 1. The van der Waals surface area contributed by atoms with Crippen LogP contribution in [0.25, 0.3) is 0 Å². The Labute approximate surface area is 125 Å². The van der Waals surface area contributed by atoms with Crippen LogP contribution in [0.1, 0.15) is 21.5 Å². The van der Waals surface area contributed by atoms with Crippen molar-refractivity contribution in [1.82, 2.24) is 9.78 Å². The van der Waals surface area contributed by atoms with E-state index in [0.29, 0.717) is 12.1 Å². The third kappa shape index (κ3) is 4.02. The molecule has 0 bridgehead atoms. The second kappa shape index (κ2) is 5.60. The number of hydrogen-bond donors (Lipinski definition) is 1. The molecule has 0 saturated heterocycles. The summed E-state index contributed by atoms with van der Waals surface area (Å²) in [5, 5.41) is 5.89. The van der Waals surface area contributed by atoms with E-state index < -0.39 is 35.0 Å². The summed E-state index contributed by atoms with van der Waals surface area (Å²) in [5.41, 5.74) is -3.88. The topological polar surface area (TPSA) is 46.9 Å². The van der Waals surface area contributed by atoms with E-state index in [1.165, 1.54) is 24.0 Å². The van der Waals surface area contributed by atoms with Gasteiger partial charge in [0.25, 0.3) is 5.91 Å². The number of benzene rings is 1. The summed E-state index contributed by atoms with van der Waals surface area (Å²) in [6.07, 6.45) is -8.58. The minimum absolute atomic E-state index is 0.00321. The number of amides is 1. The van der Waals surface area contributed by atoms with Crippen molar-refractivity contribution in [2.75, 3.05) is 5.32 Å². The first-order valence-electron chi connectivity index (χ1n) is 6.07. The molecule has 0 aliphatic carbocycles. The summed E-state index contributed by atoms with van der Waals surface area (Å²) in [5.74, 6) is -1.12. The van der Waals surface area contributed by atoms with Crippen molar-refractivity contribution in [2.24, 2.45) is 7.05 Å². The van der Waals surface area contributed by atoms with Gasteiger partial charge < -0.3 is 5.32 Å². The Hall–Kier alpha value is -2.52. The largest absolute Gasteiger partial charge is 0.416 e. The zero-order valence-electron chi connectivity index (χ0n) is 11.5. The van der Waals surface area contributed by atoms with E-state index in [1.54, 1.807) is 0 Å². The SMILES string of the molecule is Cn1ccc(NC(=O)c2cc(C(F)(F)F)cc(C(F)(F)F)c2)n1. The number of carbonyl (C=O) groups excluding carboxylic acids is 1. The van der Waals surface area contributed by atoms with E-state index >= 15 is 0 Å². The maximum Gasteiger partial charge on any atom is 0.416 e. The number of aromatic nitrogens is 2. The molecule has 4 nitrogen and oxygen atoms in total. The predicted molar refractivity (Wildman–Crippen MR) is 67.6 cm³/mol. The zero-order valence-corrected chi connectivity index (χ0v) is 11.5. The van der Waals surface area contributed by atoms with E-state index in [-0.39, 0.29) is 11.9 Å². The van der Waals surface area contributed by atoms with Gasteiger partial charge in [0.05, 0.1) is 11.1 Å². The molecule has 2 rings (SSSR count). The molecule has 1 amide bonds. The second-order valence-corrected chi connectivity index (χ2v) is 4.62. The summed E-state index contributed by atoms with van der Waals surface area (Å²) in [6.45, 7) is 0. The van der Waals surface area contributed by atoms with Gasteiger partial charge in [0.1, 0.15) is 0 Å². The maximum absolute atomic E-state index is 12.7. The fourth-order valence-corrected chi connectivity index (χ4v) is 1.76. The molecule has 1 aromatic carbocycles. The lowest BCUT2D eigenvalue weighted by Gasteiger charge is -2.13. The van der Waals surface area contributed by atoms with E-state index in [1.807, 2.05) is 0 Å². The molecule has 0 saturated carbocycles. The fourth-order valence-electron chi connectivity index (χ4n) is 1.76. The van der Waals surface area contributed by atoms with Gasteiger partial charge in [0, 0.05) is 24.9 Å². The van der Waals surface area contributed by atoms with Crippen molar-refractivity contribution < 1.29 is 31.1 Å². The first-order valence-corrected chi connectivity index (χ1v) is 6.07. The predicted octanol–water partition coefficient (Wildman–Crippen LogP) is 3.71. The number of halogens is 6. The summed E-state index contributed by atoms with van der Waals surface area (Å²) in [7, 11) is 1.53. The highest BCUT2D eigenvalue weighted by atomic mass is 19.4. The molecule has 2 aromatic rings. The van der Waals surface area contributed by atoms with Gasteiger partial charge in [-0.1, -0.05) is 0 Å². The minimum Gasteiger partial charge on any atom is -0.305 e. The van der Waals surface area contributed by atoms with E-state index in [4.69, 9.17) is 0 Å². The molecule has 0 aliphatic rings. The average molecular weight is 337 g/mol. The second-order valence-electron chi connectivity index (χ2n) is 4.62. The van der Waals surface area contributed by atoms with E-state index in [2.05, 4.69) is 10.4 Å². The molecule has 1 aromatic heterocycles. The van der Waals surface area contributed by atoms with Gasteiger partial charge in [-0.25, -0.2) is 0 Å². The van der Waals surface area contributed by atoms with Crippen LogP contribution >= 0.6 is 0 Å². The third-order valence-corrected chi connectivity index (χ3v) is 2.81. The van der Waals surface area contributed by atoms with Crippen molar-refractivity contribution >= 4 is 11.7 Å². The average Bonchev–Trinajstić information content (AvgIpc) is 2.81. The highest BCUT2D eigenvalue weighted by molar-refractivity contribution is 6.04. The first kappa shape index (κ1) is 16.8. The van der Waals surface area contributed by atoms with E-state index in [9.17, 15) is 31.1 Å². The van der Waals surface area contributed by atoms with Gasteiger partial charge in [0.2, 0.25) is 0 Å². The molecular weight excluding hydrogens is 328 g/mol. The lowest BCUT2D eigenvalue weighted by Crippen LogP contribution is -2.17. The Kier molecular flexibility index (Phi) is 4.10. The molecule has 23 heavy (non-hydrogen) atoms. The van der Waals surface area contributed by atoms with Crippen molar-refractivity contribution in [2.45, 2.75) is 12.4 Å². The third-order valence-electron chi connectivity index (χ3n) is 2.81. The van der Waals surface area contributed by atoms with Crippen LogP contribution in [0.4, 0.5) is 32.2 Å². The van der Waals surface area contributed by atoms with Gasteiger partial charge >= 0.3 is 12.4 Å². The molecule has 0 unspecified atom stereocenters. The van der Waals surface area contributed by atoms with Crippen LogP contribution in [0.2, 0.25) is 0 Å². The van der Waals surface area contributed by atoms with Crippen LogP contribution < -0.4 is 5.32 Å². The lowest BCUT2D eigenvalue weighted by molar-refractivity contribution is -0.143. The maximum atomic E-state index is 12.7. The Bertz CT molecular complexity index is 700. The van der Waals surface area contributed by atoms with E-state index in [0.717, 1.165) is 0 Å². The molecule has 124 valence electrons.